The SMILES string of the molecule is CN1CCN(C(=O)C2CC3CC3C2)C(C)(C)C1=O. The Morgan fingerprint density at radius 2 is 1.78 bits per heavy atom. The number of nitrogens with zero attached hydrogens (tertiary/aromatic N) is 2. The third-order valence-corrected chi connectivity index (χ3v) is 5.06. The van der Waals surface area contributed by atoms with E-state index in [0.29, 0.717) is 13.1 Å². The Labute approximate surface area is 108 Å². The number of hydrogen-bond donors (Lipinski definition) is 0. The molecule has 1 saturated heterocycles. The Hall–Kier alpha value is -1.06. The lowest BCUT2D eigenvalue weighted by atomic mass is 9.93. The molecule has 2 aliphatic carbocycles. The second-order valence-corrected chi connectivity index (χ2v) is 6.70. The van der Waals surface area contributed by atoms with E-state index in [2.05, 4.69) is 0 Å². The number of likely N-dealkylation sites (N-methyl/N-ethyl adjacent to an activating group) is 1. The summed E-state index contributed by atoms with van der Waals surface area (Å²) in [5.41, 5.74) is -0.670. The van der Waals surface area contributed by atoms with Crippen molar-refractivity contribution < 1.29 is 9.59 Å². The minimum absolute atomic E-state index is 0.0604. The fourth-order valence-corrected chi connectivity index (χ4v) is 3.74. The summed E-state index contributed by atoms with van der Waals surface area (Å²) in [6.45, 7) is 5.09. The molecule has 0 radical (unpaired) electrons. The van der Waals surface area contributed by atoms with Crippen LogP contribution in [0.5, 0.6) is 0 Å². The third kappa shape index (κ3) is 1.65. The van der Waals surface area contributed by atoms with Crippen molar-refractivity contribution >= 4 is 11.8 Å². The molecule has 0 aromatic carbocycles. The first-order valence-corrected chi connectivity index (χ1v) is 6.98. The third-order valence-electron chi connectivity index (χ3n) is 5.06. The summed E-state index contributed by atoms with van der Waals surface area (Å²) in [5, 5.41) is 0. The molecule has 2 unspecified atom stereocenters. The van der Waals surface area contributed by atoms with Crippen molar-refractivity contribution in [2.24, 2.45) is 17.8 Å². The van der Waals surface area contributed by atoms with Gasteiger partial charge in [-0.2, -0.15) is 0 Å². The van der Waals surface area contributed by atoms with Gasteiger partial charge in [0.25, 0.3) is 0 Å². The lowest BCUT2D eigenvalue weighted by molar-refractivity contribution is -0.159. The quantitative estimate of drug-likeness (QED) is 0.699. The van der Waals surface area contributed by atoms with Crippen LogP contribution in [0.15, 0.2) is 0 Å². The fourth-order valence-electron chi connectivity index (χ4n) is 3.74. The van der Waals surface area contributed by atoms with Gasteiger partial charge in [-0.3, -0.25) is 9.59 Å². The predicted molar refractivity (Wildman–Crippen MR) is 67.8 cm³/mol. The molecule has 3 rings (SSSR count). The van der Waals surface area contributed by atoms with Gasteiger partial charge >= 0.3 is 0 Å². The first kappa shape index (κ1) is 12.0. The maximum atomic E-state index is 12.6. The van der Waals surface area contributed by atoms with Gasteiger partial charge in [0, 0.05) is 26.1 Å². The topological polar surface area (TPSA) is 40.6 Å². The van der Waals surface area contributed by atoms with Gasteiger partial charge in [-0.1, -0.05) is 0 Å². The van der Waals surface area contributed by atoms with E-state index in [-0.39, 0.29) is 17.7 Å². The Bertz CT molecular complexity index is 395. The Morgan fingerprint density at radius 1 is 1.17 bits per heavy atom. The van der Waals surface area contributed by atoms with E-state index in [9.17, 15) is 9.59 Å². The normalized spacial score (nSPS) is 37.7. The highest BCUT2D eigenvalue weighted by Crippen LogP contribution is 2.54. The van der Waals surface area contributed by atoms with E-state index < -0.39 is 5.54 Å². The average molecular weight is 250 g/mol. The summed E-state index contributed by atoms with van der Waals surface area (Å²) in [7, 11) is 1.82. The van der Waals surface area contributed by atoms with Crippen molar-refractivity contribution in [3.63, 3.8) is 0 Å². The fraction of sp³-hybridized carbons (Fsp3) is 0.857. The van der Waals surface area contributed by atoms with E-state index in [1.165, 1.54) is 6.42 Å². The van der Waals surface area contributed by atoms with Crippen LogP contribution in [0.4, 0.5) is 0 Å². The van der Waals surface area contributed by atoms with E-state index >= 15 is 0 Å². The zero-order valence-corrected chi connectivity index (χ0v) is 11.5. The molecule has 1 heterocycles. The molecule has 2 saturated carbocycles. The smallest absolute Gasteiger partial charge is 0.247 e. The molecule has 0 N–H and O–H groups in total. The lowest BCUT2D eigenvalue weighted by Gasteiger charge is -2.45. The first-order chi connectivity index (χ1) is 8.41. The molecular formula is C14H22N2O2. The zero-order chi connectivity index (χ0) is 13.1. The number of hydrogen-bond acceptors (Lipinski definition) is 2. The molecule has 3 fully saturated rings. The highest BCUT2D eigenvalue weighted by Gasteiger charge is 2.51. The summed E-state index contributed by atoms with van der Waals surface area (Å²) in [6, 6.07) is 0. The number of carbonyl (C=O) groups excluding carboxylic acids is 2. The average Bonchev–Trinajstić information content (AvgIpc) is 2.93. The molecule has 0 spiro atoms. The molecule has 4 heteroatoms. The Kier molecular flexibility index (Phi) is 2.48. The zero-order valence-electron chi connectivity index (χ0n) is 11.5. The van der Waals surface area contributed by atoms with Gasteiger partial charge in [-0.05, 0) is 44.9 Å². The summed E-state index contributed by atoms with van der Waals surface area (Å²) >= 11 is 0. The molecule has 0 aromatic rings. The predicted octanol–water partition coefficient (Wildman–Crippen LogP) is 1.11. The molecule has 0 bridgehead atoms. The van der Waals surface area contributed by atoms with Crippen molar-refractivity contribution in [3.8, 4) is 0 Å². The molecule has 2 amide bonds. The van der Waals surface area contributed by atoms with Gasteiger partial charge in [0.2, 0.25) is 11.8 Å². The Balaban J connectivity index is 1.74. The first-order valence-electron chi connectivity index (χ1n) is 6.98. The minimum Gasteiger partial charge on any atom is -0.342 e. The van der Waals surface area contributed by atoms with Crippen LogP contribution in [-0.2, 0) is 9.59 Å². The maximum absolute atomic E-state index is 12.6. The number of rotatable bonds is 1. The second-order valence-electron chi connectivity index (χ2n) is 6.70. The van der Waals surface area contributed by atoms with Crippen LogP contribution in [0.1, 0.15) is 33.1 Å². The van der Waals surface area contributed by atoms with Crippen molar-refractivity contribution in [2.75, 3.05) is 20.1 Å². The van der Waals surface area contributed by atoms with E-state index in [1.807, 2.05) is 25.8 Å². The van der Waals surface area contributed by atoms with Crippen LogP contribution >= 0.6 is 0 Å². The Morgan fingerprint density at radius 3 is 2.39 bits per heavy atom. The van der Waals surface area contributed by atoms with Crippen LogP contribution in [0, 0.1) is 17.8 Å². The summed E-state index contributed by atoms with van der Waals surface area (Å²) < 4.78 is 0. The van der Waals surface area contributed by atoms with Gasteiger partial charge in [-0.15, -0.1) is 0 Å². The van der Waals surface area contributed by atoms with Gasteiger partial charge < -0.3 is 9.80 Å². The van der Waals surface area contributed by atoms with Crippen LogP contribution in [-0.4, -0.2) is 47.3 Å². The number of fused-ring (bicyclic) bond motifs is 1. The van der Waals surface area contributed by atoms with Crippen LogP contribution in [0.3, 0.4) is 0 Å². The van der Waals surface area contributed by atoms with Crippen LogP contribution in [0.2, 0.25) is 0 Å². The largest absolute Gasteiger partial charge is 0.342 e. The van der Waals surface area contributed by atoms with E-state index in [4.69, 9.17) is 0 Å². The van der Waals surface area contributed by atoms with Crippen LogP contribution in [0.25, 0.3) is 0 Å². The summed E-state index contributed by atoms with van der Waals surface area (Å²) in [4.78, 5) is 28.3. The summed E-state index contributed by atoms with van der Waals surface area (Å²) in [5.74, 6) is 2.08. The summed E-state index contributed by atoms with van der Waals surface area (Å²) in [6.07, 6.45) is 3.44. The van der Waals surface area contributed by atoms with E-state index in [0.717, 1.165) is 24.7 Å². The van der Waals surface area contributed by atoms with Crippen molar-refractivity contribution in [1.82, 2.24) is 9.80 Å². The van der Waals surface area contributed by atoms with Crippen molar-refractivity contribution in [3.05, 3.63) is 0 Å². The lowest BCUT2D eigenvalue weighted by Crippen LogP contribution is -2.64. The van der Waals surface area contributed by atoms with Crippen molar-refractivity contribution in [1.29, 1.82) is 0 Å². The van der Waals surface area contributed by atoms with Crippen LogP contribution < -0.4 is 0 Å². The number of carbonyl (C=O) groups is 2. The second kappa shape index (κ2) is 3.72. The van der Waals surface area contributed by atoms with Gasteiger partial charge in [0.05, 0.1) is 0 Å². The maximum Gasteiger partial charge on any atom is 0.247 e. The van der Waals surface area contributed by atoms with Gasteiger partial charge in [0.1, 0.15) is 5.54 Å². The molecule has 4 nitrogen and oxygen atoms in total. The molecule has 3 aliphatic rings. The standard InChI is InChI=1S/C14H22N2O2/c1-14(2)13(18)15(3)4-5-16(14)12(17)11-7-9-6-10(9)8-11/h9-11H,4-8H2,1-3H3. The molecule has 18 heavy (non-hydrogen) atoms. The van der Waals surface area contributed by atoms with Crippen molar-refractivity contribution in [2.45, 2.75) is 38.6 Å². The molecule has 2 atom stereocenters. The van der Waals surface area contributed by atoms with Gasteiger partial charge in [0.15, 0.2) is 0 Å². The minimum atomic E-state index is -0.670. The molecule has 0 aromatic heterocycles. The number of piperazine rings is 1. The monoisotopic (exact) mass is 250 g/mol. The van der Waals surface area contributed by atoms with Gasteiger partial charge in [-0.25, -0.2) is 0 Å². The molecule has 1 aliphatic heterocycles. The molecule has 100 valence electrons. The van der Waals surface area contributed by atoms with E-state index in [1.54, 1.807) is 4.90 Å². The highest BCUT2D eigenvalue weighted by atomic mass is 16.2. The highest BCUT2D eigenvalue weighted by molar-refractivity contribution is 5.92. The molecular weight excluding hydrogens is 228 g/mol. The number of amides is 2.